The van der Waals surface area contributed by atoms with Crippen LogP contribution in [0.5, 0.6) is 0 Å². The Balaban J connectivity index is 1.62. The summed E-state index contributed by atoms with van der Waals surface area (Å²) >= 11 is 0. The molecule has 8 nitrogen and oxygen atoms in total. The van der Waals surface area contributed by atoms with E-state index in [-0.39, 0.29) is 17.9 Å². The Bertz CT molecular complexity index is 622. The minimum atomic E-state index is 0.0962. The summed E-state index contributed by atoms with van der Waals surface area (Å²) in [6, 6.07) is 2.08. The van der Waals surface area contributed by atoms with E-state index >= 15 is 0 Å². The summed E-state index contributed by atoms with van der Waals surface area (Å²) in [7, 11) is 1.82. The molecule has 0 aliphatic carbocycles. The van der Waals surface area contributed by atoms with Gasteiger partial charge >= 0.3 is 0 Å². The first kappa shape index (κ1) is 16.5. The van der Waals surface area contributed by atoms with E-state index < -0.39 is 0 Å². The Morgan fingerprint density at radius 3 is 2.92 bits per heavy atom. The van der Waals surface area contributed by atoms with E-state index in [1.54, 1.807) is 4.90 Å². The highest BCUT2D eigenvalue weighted by Gasteiger charge is 2.26. The molecule has 1 aromatic heterocycles. The fourth-order valence-corrected chi connectivity index (χ4v) is 3.09. The minimum Gasteiger partial charge on any atom is -0.365 e. The second kappa shape index (κ2) is 7.02. The first-order valence-corrected chi connectivity index (χ1v) is 8.42. The van der Waals surface area contributed by atoms with E-state index in [4.69, 9.17) is 0 Å². The zero-order valence-corrected chi connectivity index (χ0v) is 14.2. The predicted molar refractivity (Wildman–Crippen MR) is 90.8 cm³/mol. The van der Waals surface area contributed by atoms with Gasteiger partial charge in [0.25, 0.3) is 0 Å². The largest absolute Gasteiger partial charge is 0.365 e. The molecule has 1 aromatic rings. The smallest absolute Gasteiger partial charge is 0.241 e. The number of nitrogens with zero attached hydrogens (tertiary/aromatic N) is 5. The topological polar surface area (TPSA) is 81.7 Å². The van der Waals surface area contributed by atoms with E-state index in [1.807, 2.05) is 29.8 Å². The van der Waals surface area contributed by atoms with Crippen LogP contribution in [0.15, 0.2) is 12.4 Å². The molecule has 2 fully saturated rings. The Morgan fingerprint density at radius 2 is 2.17 bits per heavy atom. The van der Waals surface area contributed by atoms with Crippen LogP contribution < -0.4 is 10.2 Å². The molecule has 1 unspecified atom stereocenters. The van der Waals surface area contributed by atoms with Crippen LogP contribution in [0, 0.1) is 0 Å². The first-order valence-electron chi connectivity index (χ1n) is 8.42. The Hall–Kier alpha value is -2.38. The van der Waals surface area contributed by atoms with Gasteiger partial charge in [-0.05, 0) is 6.42 Å². The van der Waals surface area contributed by atoms with Crippen molar-refractivity contribution in [3.8, 4) is 0 Å². The summed E-state index contributed by atoms with van der Waals surface area (Å²) in [5.74, 6) is 1.79. The Kier molecular flexibility index (Phi) is 4.82. The normalized spacial score (nSPS) is 21.3. The van der Waals surface area contributed by atoms with Crippen LogP contribution in [0.1, 0.15) is 19.8 Å². The lowest BCUT2D eigenvalue weighted by Gasteiger charge is -2.32. The molecular formula is C16H24N6O2. The number of amides is 2. The number of anilines is 2. The Labute approximate surface area is 141 Å². The molecule has 2 aliphatic heterocycles. The number of carbonyl (C=O) groups is 2. The first-order chi connectivity index (χ1) is 11.6. The van der Waals surface area contributed by atoms with Gasteiger partial charge in [-0.1, -0.05) is 6.92 Å². The number of likely N-dealkylation sites (N-methyl/N-ethyl adjacent to an activating group) is 1. The molecule has 0 aromatic carbocycles. The second-order valence-electron chi connectivity index (χ2n) is 6.32. The molecule has 2 aliphatic rings. The lowest BCUT2D eigenvalue weighted by molar-refractivity contribution is -0.130. The number of aromatic nitrogens is 2. The molecule has 130 valence electrons. The van der Waals surface area contributed by atoms with Gasteiger partial charge < -0.3 is 20.0 Å². The molecule has 8 heteroatoms. The summed E-state index contributed by atoms with van der Waals surface area (Å²) in [5.41, 5.74) is 0. The van der Waals surface area contributed by atoms with Crippen molar-refractivity contribution in [1.82, 2.24) is 19.8 Å². The fourth-order valence-electron chi connectivity index (χ4n) is 3.09. The number of hydrogen-bond acceptors (Lipinski definition) is 6. The van der Waals surface area contributed by atoms with Gasteiger partial charge in [0.15, 0.2) is 0 Å². The molecule has 0 saturated carbocycles. The lowest BCUT2D eigenvalue weighted by Crippen LogP contribution is -2.48. The van der Waals surface area contributed by atoms with Crippen LogP contribution in [-0.2, 0) is 9.59 Å². The Morgan fingerprint density at radius 1 is 1.33 bits per heavy atom. The second-order valence-corrected chi connectivity index (χ2v) is 6.32. The number of likely N-dealkylation sites (tertiary alicyclic amines) is 1. The van der Waals surface area contributed by atoms with Gasteiger partial charge in [-0.2, -0.15) is 0 Å². The van der Waals surface area contributed by atoms with E-state index in [9.17, 15) is 9.59 Å². The monoisotopic (exact) mass is 332 g/mol. The van der Waals surface area contributed by atoms with E-state index in [0.29, 0.717) is 26.1 Å². The standard InChI is InChI=1S/C16H24N6O2/c1-3-15(23)22-5-4-12(9-22)19-13-8-14(18-11-17-13)21-7-6-20(2)16(24)10-21/h8,11-12H,3-7,9-10H2,1-2H3,(H,17,18,19). The quantitative estimate of drug-likeness (QED) is 0.847. The van der Waals surface area contributed by atoms with Crippen molar-refractivity contribution in [3.63, 3.8) is 0 Å². The molecule has 0 spiro atoms. The van der Waals surface area contributed by atoms with Gasteiger partial charge in [0.05, 0.1) is 6.54 Å². The van der Waals surface area contributed by atoms with Crippen molar-refractivity contribution in [2.24, 2.45) is 0 Å². The molecule has 0 bridgehead atoms. The van der Waals surface area contributed by atoms with Gasteiger partial charge in [0.1, 0.15) is 18.0 Å². The van der Waals surface area contributed by atoms with Crippen LogP contribution in [0.3, 0.4) is 0 Å². The zero-order valence-electron chi connectivity index (χ0n) is 14.2. The van der Waals surface area contributed by atoms with Gasteiger partial charge in [0.2, 0.25) is 11.8 Å². The number of carbonyl (C=O) groups excluding carboxylic acids is 2. The molecule has 3 heterocycles. The van der Waals surface area contributed by atoms with Gasteiger partial charge in [-0.3, -0.25) is 9.59 Å². The molecule has 0 radical (unpaired) electrons. The molecule has 24 heavy (non-hydrogen) atoms. The highest BCUT2D eigenvalue weighted by Crippen LogP contribution is 2.19. The van der Waals surface area contributed by atoms with E-state index in [1.165, 1.54) is 6.33 Å². The molecule has 2 saturated heterocycles. The van der Waals surface area contributed by atoms with E-state index in [2.05, 4.69) is 15.3 Å². The third-order valence-electron chi connectivity index (χ3n) is 4.63. The van der Waals surface area contributed by atoms with E-state index in [0.717, 1.165) is 31.1 Å². The summed E-state index contributed by atoms with van der Waals surface area (Å²) in [6.07, 6.45) is 2.98. The number of piperazine rings is 1. The average molecular weight is 332 g/mol. The van der Waals surface area contributed by atoms with Crippen molar-refractivity contribution in [1.29, 1.82) is 0 Å². The minimum absolute atomic E-state index is 0.0962. The summed E-state index contributed by atoms with van der Waals surface area (Å²) in [5, 5.41) is 3.38. The fraction of sp³-hybridized carbons (Fsp3) is 0.625. The molecule has 2 amide bonds. The molecule has 1 atom stereocenters. The van der Waals surface area contributed by atoms with Crippen LogP contribution in [-0.4, -0.2) is 77.4 Å². The highest BCUT2D eigenvalue weighted by atomic mass is 16.2. The summed E-state index contributed by atoms with van der Waals surface area (Å²) < 4.78 is 0. The molecular weight excluding hydrogens is 308 g/mol. The van der Waals surface area contributed by atoms with Crippen molar-refractivity contribution >= 4 is 23.5 Å². The lowest BCUT2D eigenvalue weighted by atomic mass is 10.2. The van der Waals surface area contributed by atoms with Gasteiger partial charge in [0, 0.05) is 51.8 Å². The van der Waals surface area contributed by atoms with Crippen LogP contribution >= 0.6 is 0 Å². The predicted octanol–water partition coefficient (Wildman–Crippen LogP) is 0.178. The van der Waals surface area contributed by atoms with Crippen LogP contribution in [0.2, 0.25) is 0 Å². The van der Waals surface area contributed by atoms with Crippen molar-refractivity contribution in [3.05, 3.63) is 12.4 Å². The SMILES string of the molecule is CCC(=O)N1CCC(Nc2cc(N3CCN(C)C(=O)C3)ncn2)C1. The maximum atomic E-state index is 11.9. The summed E-state index contributed by atoms with van der Waals surface area (Å²) in [4.78, 5) is 37.8. The number of hydrogen-bond donors (Lipinski definition) is 1. The van der Waals surface area contributed by atoms with Crippen LogP contribution in [0.25, 0.3) is 0 Å². The van der Waals surface area contributed by atoms with Gasteiger partial charge in [-0.15, -0.1) is 0 Å². The van der Waals surface area contributed by atoms with Crippen LogP contribution in [0.4, 0.5) is 11.6 Å². The molecule has 1 N–H and O–H groups in total. The molecule has 3 rings (SSSR count). The number of nitrogens with one attached hydrogen (secondary N) is 1. The summed E-state index contributed by atoms with van der Waals surface area (Å²) in [6.45, 7) is 5.18. The maximum Gasteiger partial charge on any atom is 0.241 e. The average Bonchev–Trinajstić information content (AvgIpc) is 3.05. The van der Waals surface area contributed by atoms with Crippen molar-refractivity contribution < 1.29 is 9.59 Å². The van der Waals surface area contributed by atoms with Crippen molar-refractivity contribution in [2.75, 3.05) is 50.0 Å². The maximum absolute atomic E-state index is 11.9. The number of rotatable bonds is 4. The third kappa shape index (κ3) is 3.58. The third-order valence-corrected chi connectivity index (χ3v) is 4.63. The van der Waals surface area contributed by atoms with Crippen molar-refractivity contribution in [2.45, 2.75) is 25.8 Å². The zero-order chi connectivity index (χ0) is 17.1. The van der Waals surface area contributed by atoms with Gasteiger partial charge in [-0.25, -0.2) is 9.97 Å². The highest BCUT2D eigenvalue weighted by molar-refractivity contribution is 5.82.